The van der Waals surface area contributed by atoms with Crippen LogP contribution in [0.5, 0.6) is 0 Å². The van der Waals surface area contributed by atoms with Crippen molar-refractivity contribution in [3.63, 3.8) is 0 Å². The van der Waals surface area contributed by atoms with Gasteiger partial charge in [0, 0.05) is 15.9 Å². The van der Waals surface area contributed by atoms with Gasteiger partial charge < -0.3 is 5.32 Å². The van der Waals surface area contributed by atoms with Crippen molar-refractivity contribution in [1.29, 1.82) is 0 Å². The highest BCUT2D eigenvalue weighted by Crippen LogP contribution is 2.34. The zero-order valence-electron chi connectivity index (χ0n) is 12.6. The van der Waals surface area contributed by atoms with E-state index in [1.54, 1.807) is 11.3 Å². The molecule has 1 heterocycles. The van der Waals surface area contributed by atoms with Gasteiger partial charge in [-0.1, -0.05) is 31.5 Å². The van der Waals surface area contributed by atoms with Crippen LogP contribution >= 0.6 is 11.3 Å². The van der Waals surface area contributed by atoms with Crippen molar-refractivity contribution in [3.8, 4) is 0 Å². The highest BCUT2D eigenvalue weighted by atomic mass is 32.1. The van der Waals surface area contributed by atoms with Crippen molar-refractivity contribution >= 4 is 22.9 Å². The molecule has 3 rings (SSSR count). The van der Waals surface area contributed by atoms with Gasteiger partial charge >= 0.3 is 0 Å². The molecule has 0 bridgehead atoms. The van der Waals surface area contributed by atoms with E-state index in [4.69, 9.17) is 0 Å². The van der Waals surface area contributed by atoms with E-state index in [9.17, 15) is 4.79 Å². The number of carbonyl (C=O) groups is 1. The smallest absolute Gasteiger partial charge is 0.256 e. The highest BCUT2D eigenvalue weighted by Gasteiger charge is 2.24. The molecular formula is C18H21NOS. The quantitative estimate of drug-likeness (QED) is 0.864. The topological polar surface area (TPSA) is 29.1 Å². The molecule has 1 atom stereocenters. The molecule has 110 valence electrons. The Bertz CT molecular complexity index is 659. The van der Waals surface area contributed by atoms with Crippen LogP contribution in [-0.4, -0.2) is 5.91 Å². The van der Waals surface area contributed by atoms with Gasteiger partial charge in [0.2, 0.25) is 0 Å². The van der Waals surface area contributed by atoms with Gasteiger partial charge in [-0.3, -0.25) is 4.79 Å². The van der Waals surface area contributed by atoms with Crippen molar-refractivity contribution < 1.29 is 4.79 Å². The van der Waals surface area contributed by atoms with Crippen LogP contribution in [0.4, 0.5) is 5.69 Å². The predicted octanol–water partition coefficient (Wildman–Crippen LogP) is 4.82. The summed E-state index contributed by atoms with van der Waals surface area (Å²) in [6.45, 7) is 4.28. The van der Waals surface area contributed by atoms with E-state index in [1.807, 2.05) is 36.6 Å². The van der Waals surface area contributed by atoms with Crippen LogP contribution in [0.2, 0.25) is 0 Å². The summed E-state index contributed by atoms with van der Waals surface area (Å²) in [4.78, 5) is 14.0. The molecule has 2 aromatic rings. The van der Waals surface area contributed by atoms with E-state index < -0.39 is 0 Å². The van der Waals surface area contributed by atoms with Crippen molar-refractivity contribution in [2.24, 2.45) is 5.92 Å². The highest BCUT2D eigenvalue weighted by molar-refractivity contribution is 7.10. The van der Waals surface area contributed by atoms with Gasteiger partial charge in [-0.2, -0.15) is 0 Å². The maximum atomic E-state index is 12.5. The first-order valence-electron chi connectivity index (χ1n) is 7.65. The van der Waals surface area contributed by atoms with E-state index in [2.05, 4.69) is 12.2 Å². The zero-order valence-corrected chi connectivity index (χ0v) is 13.4. The number of hydrogen-bond acceptors (Lipinski definition) is 2. The molecule has 0 saturated heterocycles. The van der Waals surface area contributed by atoms with Crippen LogP contribution in [0.15, 0.2) is 29.6 Å². The third-order valence-electron chi connectivity index (χ3n) is 4.47. The second-order valence-corrected chi connectivity index (χ2v) is 6.80. The molecule has 1 aromatic carbocycles. The molecule has 1 amide bonds. The Labute approximate surface area is 130 Å². The molecule has 0 saturated carbocycles. The fourth-order valence-electron chi connectivity index (χ4n) is 3.02. The van der Waals surface area contributed by atoms with Crippen LogP contribution in [-0.2, 0) is 12.8 Å². The SMILES string of the molecule is CCC1CCc2c(C(=O)Nc3ccccc3C)csc2C1. The van der Waals surface area contributed by atoms with Gasteiger partial charge in [0.05, 0.1) is 5.56 Å². The van der Waals surface area contributed by atoms with Gasteiger partial charge in [0.25, 0.3) is 5.91 Å². The minimum atomic E-state index is 0.0387. The second kappa shape index (κ2) is 6.02. The molecule has 1 aromatic heterocycles. The Morgan fingerprint density at radius 3 is 2.95 bits per heavy atom. The number of benzene rings is 1. The number of thiophene rings is 1. The monoisotopic (exact) mass is 299 g/mol. The molecule has 1 aliphatic rings. The van der Waals surface area contributed by atoms with Crippen molar-refractivity contribution in [3.05, 3.63) is 51.2 Å². The van der Waals surface area contributed by atoms with Crippen molar-refractivity contribution in [2.75, 3.05) is 5.32 Å². The van der Waals surface area contributed by atoms with Crippen LogP contribution < -0.4 is 5.32 Å². The zero-order chi connectivity index (χ0) is 14.8. The number of nitrogens with one attached hydrogen (secondary N) is 1. The molecule has 1 unspecified atom stereocenters. The van der Waals surface area contributed by atoms with Gasteiger partial charge in [-0.05, 0) is 49.3 Å². The van der Waals surface area contributed by atoms with Crippen molar-refractivity contribution in [1.82, 2.24) is 0 Å². The summed E-state index contributed by atoms with van der Waals surface area (Å²) < 4.78 is 0. The number of para-hydroxylation sites is 1. The average Bonchev–Trinajstić information content (AvgIpc) is 2.92. The van der Waals surface area contributed by atoms with Crippen LogP contribution in [0.3, 0.4) is 0 Å². The first-order chi connectivity index (χ1) is 10.2. The summed E-state index contributed by atoms with van der Waals surface area (Å²) in [6, 6.07) is 7.92. The number of rotatable bonds is 3. The Kier molecular flexibility index (Phi) is 4.11. The molecule has 0 spiro atoms. The number of aryl methyl sites for hydroxylation is 1. The molecule has 0 fully saturated rings. The van der Waals surface area contributed by atoms with E-state index in [-0.39, 0.29) is 5.91 Å². The van der Waals surface area contributed by atoms with Crippen molar-refractivity contribution in [2.45, 2.75) is 39.5 Å². The Hall–Kier alpha value is -1.61. The number of hydrogen-bond donors (Lipinski definition) is 1. The van der Waals surface area contributed by atoms with E-state index in [0.29, 0.717) is 0 Å². The maximum Gasteiger partial charge on any atom is 0.256 e. The normalized spacial score (nSPS) is 17.3. The summed E-state index contributed by atoms with van der Waals surface area (Å²) in [7, 11) is 0. The Morgan fingerprint density at radius 1 is 1.38 bits per heavy atom. The third-order valence-corrected chi connectivity index (χ3v) is 5.52. The number of carbonyl (C=O) groups excluding carboxylic acids is 1. The first kappa shape index (κ1) is 14.3. The van der Waals surface area contributed by atoms with E-state index in [0.717, 1.165) is 35.6 Å². The minimum absolute atomic E-state index is 0.0387. The average molecular weight is 299 g/mol. The summed E-state index contributed by atoms with van der Waals surface area (Å²) in [6.07, 6.45) is 4.65. The summed E-state index contributed by atoms with van der Waals surface area (Å²) in [5.74, 6) is 0.833. The fraction of sp³-hybridized carbons (Fsp3) is 0.389. The summed E-state index contributed by atoms with van der Waals surface area (Å²) in [5, 5.41) is 5.09. The van der Waals surface area contributed by atoms with E-state index >= 15 is 0 Å². The number of anilines is 1. The van der Waals surface area contributed by atoms with Gasteiger partial charge in [-0.15, -0.1) is 11.3 Å². The van der Waals surface area contributed by atoms with Crippen LogP contribution in [0.1, 0.15) is 46.1 Å². The molecule has 2 nitrogen and oxygen atoms in total. The standard InChI is InChI=1S/C18H21NOS/c1-3-13-8-9-14-15(11-21-17(14)10-13)18(20)19-16-7-5-4-6-12(16)2/h4-7,11,13H,3,8-10H2,1-2H3,(H,19,20). The molecule has 0 aliphatic heterocycles. The lowest BCUT2D eigenvalue weighted by Crippen LogP contribution is -2.17. The first-order valence-corrected chi connectivity index (χ1v) is 8.53. The fourth-order valence-corrected chi connectivity index (χ4v) is 4.22. The lowest BCUT2D eigenvalue weighted by Gasteiger charge is -2.21. The predicted molar refractivity (Wildman–Crippen MR) is 89.3 cm³/mol. The lowest BCUT2D eigenvalue weighted by molar-refractivity contribution is 0.102. The lowest BCUT2D eigenvalue weighted by atomic mass is 9.86. The Morgan fingerprint density at radius 2 is 2.19 bits per heavy atom. The molecule has 0 radical (unpaired) electrons. The van der Waals surface area contributed by atoms with Crippen LogP contribution in [0.25, 0.3) is 0 Å². The van der Waals surface area contributed by atoms with Gasteiger partial charge in [-0.25, -0.2) is 0 Å². The maximum absolute atomic E-state index is 12.5. The minimum Gasteiger partial charge on any atom is -0.322 e. The molecule has 21 heavy (non-hydrogen) atoms. The summed E-state index contributed by atoms with van der Waals surface area (Å²) >= 11 is 1.75. The van der Waals surface area contributed by atoms with Gasteiger partial charge in [0.15, 0.2) is 0 Å². The molecule has 1 N–H and O–H groups in total. The van der Waals surface area contributed by atoms with E-state index in [1.165, 1.54) is 23.3 Å². The second-order valence-electron chi connectivity index (χ2n) is 5.84. The number of amides is 1. The van der Waals surface area contributed by atoms with Gasteiger partial charge in [0.1, 0.15) is 0 Å². The molecule has 1 aliphatic carbocycles. The number of fused-ring (bicyclic) bond motifs is 1. The third kappa shape index (κ3) is 2.88. The Balaban J connectivity index is 1.81. The summed E-state index contributed by atoms with van der Waals surface area (Å²) in [5.41, 5.74) is 4.18. The largest absolute Gasteiger partial charge is 0.322 e. The molecular weight excluding hydrogens is 278 g/mol. The van der Waals surface area contributed by atoms with Crippen LogP contribution in [0, 0.1) is 12.8 Å². The molecule has 3 heteroatoms.